The number of hydrogen-bond acceptors (Lipinski definition) is 7. The van der Waals surface area contributed by atoms with Gasteiger partial charge >= 0.3 is 0 Å². The molecule has 0 bridgehead atoms. The molecule has 2 amide bonds. The molecule has 1 fully saturated rings. The van der Waals surface area contributed by atoms with Crippen LogP contribution in [0.5, 0.6) is 0 Å². The third kappa shape index (κ3) is 4.92. The first-order chi connectivity index (χ1) is 12.5. The maximum atomic E-state index is 12.9. The second-order valence-corrected chi connectivity index (χ2v) is 8.79. The molecule has 1 N–H and O–H groups in total. The number of nitrogens with zero attached hydrogens (tertiary/aromatic N) is 5. The number of carbonyl (C=O) groups is 2. The van der Waals surface area contributed by atoms with Crippen LogP contribution < -0.4 is 10.2 Å². The molecule has 2 rings (SSSR count). The highest BCUT2D eigenvalue weighted by atomic mass is 32.2. The smallest absolute Gasteiger partial charge is 0.257 e. The third-order valence-corrected chi connectivity index (χ3v) is 5.72. The number of anilines is 1. The number of sulfonamides is 1. The Kier molecular flexibility index (Phi) is 6.37. The van der Waals surface area contributed by atoms with E-state index in [0.29, 0.717) is 24.6 Å². The molecule has 1 saturated heterocycles. The molecule has 1 aromatic rings. The highest BCUT2D eigenvalue weighted by molar-refractivity contribution is 7.88. The van der Waals surface area contributed by atoms with Gasteiger partial charge in [-0.15, -0.1) is 0 Å². The molecule has 1 aliphatic rings. The van der Waals surface area contributed by atoms with E-state index in [1.807, 2.05) is 0 Å². The van der Waals surface area contributed by atoms with Crippen LogP contribution in [0, 0.1) is 0 Å². The maximum absolute atomic E-state index is 12.9. The predicted octanol–water partition coefficient (Wildman–Crippen LogP) is -0.890. The molecule has 0 aromatic carbocycles. The highest BCUT2D eigenvalue weighted by Crippen LogP contribution is 2.30. The van der Waals surface area contributed by atoms with Crippen molar-refractivity contribution in [3.8, 4) is 0 Å². The summed E-state index contributed by atoms with van der Waals surface area (Å²) in [5.41, 5.74) is 0.793. The van der Waals surface area contributed by atoms with Crippen LogP contribution in [0.1, 0.15) is 28.4 Å². The van der Waals surface area contributed by atoms with Gasteiger partial charge in [-0.3, -0.25) is 9.59 Å². The number of rotatable bonds is 6. The molecule has 1 unspecified atom stereocenters. The minimum absolute atomic E-state index is 0.0929. The Morgan fingerprint density at radius 1 is 1.33 bits per heavy atom. The van der Waals surface area contributed by atoms with Gasteiger partial charge in [-0.25, -0.2) is 22.7 Å². The average molecular weight is 398 g/mol. The van der Waals surface area contributed by atoms with Crippen molar-refractivity contribution in [3.05, 3.63) is 17.5 Å². The number of carbonyl (C=O) groups excluding carboxylic acids is 2. The van der Waals surface area contributed by atoms with Crippen LogP contribution in [-0.2, 0) is 14.8 Å². The Bertz CT molecular complexity index is 826. The number of likely N-dealkylation sites (N-methyl/N-ethyl adjacent to an activating group) is 2. The second kappa shape index (κ2) is 8.17. The van der Waals surface area contributed by atoms with E-state index < -0.39 is 10.0 Å². The monoisotopic (exact) mass is 398 g/mol. The van der Waals surface area contributed by atoms with Crippen LogP contribution in [0.15, 0.2) is 6.20 Å². The lowest BCUT2D eigenvalue weighted by molar-refractivity contribution is -0.121. The summed E-state index contributed by atoms with van der Waals surface area (Å²) in [6.45, 7) is 0.555. The van der Waals surface area contributed by atoms with E-state index >= 15 is 0 Å². The summed E-state index contributed by atoms with van der Waals surface area (Å²) in [4.78, 5) is 36.2. The summed E-state index contributed by atoms with van der Waals surface area (Å²) in [5.74, 6) is -0.443. The molecule has 11 heteroatoms. The zero-order valence-electron chi connectivity index (χ0n) is 16.3. The first kappa shape index (κ1) is 21.0. The Morgan fingerprint density at radius 2 is 2.00 bits per heavy atom. The first-order valence-electron chi connectivity index (χ1n) is 8.50. The quantitative estimate of drug-likeness (QED) is 0.661. The molecule has 0 radical (unpaired) electrons. The lowest BCUT2D eigenvalue weighted by Gasteiger charge is -2.21. The molecule has 0 aliphatic carbocycles. The fraction of sp³-hybridized carbons (Fsp3) is 0.625. The summed E-state index contributed by atoms with van der Waals surface area (Å²) in [5, 5.41) is 2.47. The van der Waals surface area contributed by atoms with Crippen molar-refractivity contribution in [3.63, 3.8) is 0 Å². The zero-order valence-corrected chi connectivity index (χ0v) is 17.1. The van der Waals surface area contributed by atoms with Gasteiger partial charge in [0.2, 0.25) is 21.9 Å². The van der Waals surface area contributed by atoms with Gasteiger partial charge in [-0.05, 0) is 6.42 Å². The Labute approximate surface area is 159 Å². The topological polar surface area (TPSA) is 116 Å². The first-order valence-corrected chi connectivity index (χ1v) is 10.3. The lowest BCUT2D eigenvalue weighted by Crippen LogP contribution is -2.37. The van der Waals surface area contributed by atoms with Crippen LogP contribution >= 0.6 is 0 Å². The summed E-state index contributed by atoms with van der Waals surface area (Å²) >= 11 is 0. The number of amides is 2. The van der Waals surface area contributed by atoms with Crippen molar-refractivity contribution >= 4 is 27.8 Å². The normalized spacial score (nSPS) is 17.6. The van der Waals surface area contributed by atoms with Gasteiger partial charge in [-0.2, -0.15) is 0 Å². The van der Waals surface area contributed by atoms with E-state index in [-0.39, 0.29) is 36.4 Å². The van der Waals surface area contributed by atoms with Crippen molar-refractivity contribution in [1.82, 2.24) is 24.5 Å². The second-order valence-electron chi connectivity index (χ2n) is 6.80. The molecular formula is C16H26N6O4S. The molecule has 27 heavy (non-hydrogen) atoms. The van der Waals surface area contributed by atoms with Crippen LogP contribution in [0.4, 0.5) is 5.95 Å². The Hall–Kier alpha value is -2.27. The van der Waals surface area contributed by atoms with Gasteiger partial charge < -0.3 is 15.1 Å². The lowest BCUT2D eigenvalue weighted by atomic mass is 9.99. The predicted molar refractivity (Wildman–Crippen MR) is 101 cm³/mol. The van der Waals surface area contributed by atoms with Gasteiger partial charge in [0.05, 0.1) is 24.1 Å². The summed E-state index contributed by atoms with van der Waals surface area (Å²) in [7, 11) is 3.29. The molecule has 0 spiro atoms. The minimum Gasteiger partial charge on any atom is -0.358 e. The molecule has 1 aliphatic heterocycles. The van der Waals surface area contributed by atoms with E-state index in [1.54, 1.807) is 19.0 Å². The van der Waals surface area contributed by atoms with Crippen molar-refractivity contribution in [2.75, 3.05) is 59.0 Å². The van der Waals surface area contributed by atoms with Crippen molar-refractivity contribution in [2.45, 2.75) is 12.3 Å². The van der Waals surface area contributed by atoms with Crippen molar-refractivity contribution < 1.29 is 18.0 Å². The van der Waals surface area contributed by atoms with Gasteiger partial charge in [-0.1, -0.05) is 0 Å². The standard InChI is InChI=1S/C16H26N6O4S/c1-17-13(23)10-21(4)15(24)12-8-18-16(20(2)3)19-14(12)11-6-7-22(9-11)27(5,25)26/h8,11H,6-7,9-10H2,1-5H3,(H,17,23). The Morgan fingerprint density at radius 3 is 2.52 bits per heavy atom. The van der Waals surface area contributed by atoms with Crippen LogP contribution in [-0.4, -0.2) is 93.5 Å². The molecule has 150 valence electrons. The molecule has 1 atom stereocenters. The molecule has 10 nitrogen and oxygen atoms in total. The summed E-state index contributed by atoms with van der Waals surface area (Å²) in [6, 6.07) is 0. The SMILES string of the molecule is CNC(=O)CN(C)C(=O)c1cnc(N(C)C)nc1C1CCN(S(C)(=O)=O)C1. The van der Waals surface area contributed by atoms with Gasteiger partial charge in [0.1, 0.15) is 0 Å². The van der Waals surface area contributed by atoms with Crippen LogP contribution in [0.3, 0.4) is 0 Å². The highest BCUT2D eigenvalue weighted by Gasteiger charge is 2.34. The van der Waals surface area contributed by atoms with Gasteiger partial charge in [0, 0.05) is 53.4 Å². The van der Waals surface area contributed by atoms with E-state index in [4.69, 9.17) is 0 Å². The fourth-order valence-electron chi connectivity index (χ4n) is 2.90. The molecule has 1 aromatic heterocycles. The van der Waals surface area contributed by atoms with Crippen molar-refractivity contribution in [2.24, 2.45) is 0 Å². The van der Waals surface area contributed by atoms with E-state index in [2.05, 4.69) is 15.3 Å². The third-order valence-electron chi connectivity index (χ3n) is 4.45. The van der Waals surface area contributed by atoms with Crippen molar-refractivity contribution in [1.29, 1.82) is 0 Å². The molecule has 2 heterocycles. The van der Waals surface area contributed by atoms with E-state index in [1.165, 1.54) is 35.8 Å². The van der Waals surface area contributed by atoms with E-state index in [9.17, 15) is 18.0 Å². The van der Waals surface area contributed by atoms with Crippen LogP contribution in [0.2, 0.25) is 0 Å². The fourth-order valence-corrected chi connectivity index (χ4v) is 3.79. The molecule has 0 saturated carbocycles. The minimum atomic E-state index is -3.31. The molecular weight excluding hydrogens is 372 g/mol. The average Bonchev–Trinajstić information content (AvgIpc) is 3.10. The summed E-state index contributed by atoms with van der Waals surface area (Å²) < 4.78 is 25.1. The maximum Gasteiger partial charge on any atom is 0.257 e. The largest absolute Gasteiger partial charge is 0.358 e. The Balaban J connectivity index is 2.38. The van der Waals surface area contributed by atoms with Gasteiger partial charge in [0.15, 0.2) is 0 Å². The number of hydrogen-bond donors (Lipinski definition) is 1. The zero-order chi connectivity index (χ0) is 20.4. The number of aromatic nitrogens is 2. The van der Waals surface area contributed by atoms with E-state index in [0.717, 1.165) is 0 Å². The summed E-state index contributed by atoms with van der Waals surface area (Å²) in [6.07, 6.45) is 3.18. The number of nitrogens with one attached hydrogen (secondary N) is 1. The van der Waals surface area contributed by atoms with Crippen LogP contribution in [0.25, 0.3) is 0 Å². The van der Waals surface area contributed by atoms with Gasteiger partial charge in [0.25, 0.3) is 5.91 Å².